The molecule has 1 aromatic carbocycles. The van der Waals surface area contributed by atoms with Gasteiger partial charge in [-0.25, -0.2) is 0 Å². The Morgan fingerprint density at radius 1 is 1.45 bits per heavy atom. The van der Waals surface area contributed by atoms with Gasteiger partial charge in [-0.1, -0.05) is 36.6 Å². The number of halogens is 2. The van der Waals surface area contributed by atoms with E-state index in [9.17, 15) is 0 Å². The third-order valence-corrected chi connectivity index (χ3v) is 3.65. The Bertz CT molecular complexity index is 446. The number of nitrogens with one attached hydrogen (secondary N) is 1. The van der Waals surface area contributed by atoms with E-state index in [0.717, 1.165) is 30.0 Å². The highest BCUT2D eigenvalue weighted by atomic mass is 127. The lowest BCUT2D eigenvalue weighted by Crippen LogP contribution is -2.39. The highest BCUT2D eigenvalue weighted by molar-refractivity contribution is 14.0. The zero-order valence-corrected chi connectivity index (χ0v) is 15.2. The van der Waals surface area contributed by atoms with E-state index >= 15 is 0 Å². The molecule has 1 fully saturated rings. The van der Waals surface area contributed by atoms with Gasteiger partial charge in [-0.05, 0) is 30.0 Å². The fraction of sp³-hybridized carbons (Fsp3) is 0.533. The summed E-state index contributed by atoms with van der Waals surface area (Å²) in [6.07, 6.45) is 4.06. The van der Waals surface area contributed by atoms with E-state index in [1.165, 1.54) is 24.8 Å². The second-order valence-electron chi connectivity index (χ2n) is 5.19. The summed E-state index contributed by atoms with van der Waals surface area (Å²) in [4.78, 5) is 6.45. The molecule has 0 unspecified atom stereocenters. The minimum Gasteiger partial charge on any atom is -0.356 e. The zero-order valence-electron chi connectivity index (χ0n) is 12.1. The van der Waals surface area contributed by atoms with Crippen LogP contribution < -0.4 is 5.32 Å². The van der Waals surface area contributed by atoms with Crippen LogP contribution in [0.4, 0.5) is 0 Å². The van der Waals surface area contributed by atoms with Gasteiger partial charge in [0, 0.05) is 32.2 Å². The molecule has 0 amide bonds. The molecular formula is C15H23ClIN3. The number of nitrogens with zero attached hydrogens (tertiary/aromatic N) is 2. The zero-order chi connectivity index (χ0) is 13.7. The smallest absolute Gasteiger partial charge is 0.193 e. The van der Waals surface area contributed by atoms with Crippen LogP contribution in [-0.2, 0) is 6.54 Å². The maximum absolute atomic E-state index is 6.00. The molecule has 1 N–H and O–H groups in total. The van der Waals surface area contributed by atoms with Crippen molar-refractivity contribution in [3.8, 4) is 0 Å². The van der Waals surface area contributed by atoms with Gasteiger partial charge in [0.25, 0.3) is 0 Å². The van der Waals surface area contributed by atoms with Crippen molar-refractivity contribution in [2.75, 3.05) is 20.6 Å². The molecule has 0 aliphatic heterocycles. The second kappa shape index (κ2) is 8.72. The molecule has 2 rings (SSSR count). The van der Waals surface area contributed by atoms with Crippen LogP contribution in [-0.4, -0.2) is 31.5 Å². The number of guanidine groups is 1. The van der Waals surface area contributed by atoms with Crippen molar-refractivity contribution < 1.29 is 0 Å². The van der Waals surface area contributed by atoms with Gasteiger partial charge < -0.3 is 10.2 Å². The summed E-state index contributed by atoms with van der Waals surface area (Å²) >= 11 is 6.00. The largest absolute Gasteiger partial charge is 0.356 e. The normalized spacial score (nSPS) is 14.7. The molecule has 0 bridgehead atoms. The van der Waals surface area contributed by atoms with Gasteiger partial charge in [0.2, 0.25) is 0 Å². The van der Waals surface area contributed by atoms with Crippen LogP contribution in [0.25, 0.3) is 0 Å². The topological polar surface area (TPSA) is 27.6 Å². The summed E-state index contributed by atoms with van der Waals surface area (Å²) in [5, 5.41) is 4.20. The van der Waals surface area contributed by atoms with Crippen molar-refractivity contribution in [1.29, 1.82) is 0 Å². The SMILES string of the molecule is CN=C(NCCC1CC1)N(C)Cc1cccc(Cl)c1.I. The minimum absolute atomic E-state index is 0. The molecule has 1 saturated carbocycles. The summed E-state index contributed by atoms with van der Waals surface area (Å²) in [6, 6.07) is 7.96. The molecule has 0 saturated heterocycles. The second-order valence-corrected chi connectivity index (χ2v) is 5.63. The Hall–Kier alpha value is -0.490. The lowest BCUT2D eigenvalue weighted by Gasteiger charge is -2.22. The Labute approximate surface area is 143 Å². The third kappa shape index (κ3) is 5.87. The highest BCUT2D eigenvalue weighted by Crippen LogP contribution is 2.31. The van der Waals surface area contributed by atoms with Crippen LogP contribution in [0, 0.1) is 5.92 Å². The predicted octanol–water partition coefficient (Wildman–Crippen LogP) is 3.77. The van der Waals surface area contributed by atoms with Crippen molar-refractivity contribution in [1.82, 2.24) is 10.2 Å². The van der Waals surface area contributed by atoms with Crippen LogP contribution in [0.1, 0.15) is 24.8 Å². The van der Waals surface area contributed by atoms with Crippen LogP contribution in [0.15, 0.2) is 29.3 Å². The number of aliphatic imine (C=N–C) groups is 1. The molecule has 0 heterocycles. The molecular weight excluding hydrogens is 385 g/mol. The summed E-state index contributed by atoms with van der Waals surface area (Å²) in [5.74, 6) is 1.89. The van der Waals surface area contributed by atoms with Crippen molar-refractivity contribution in [2.45, 2.75) is 25.8 Å². The Morgan fingerprint density at radius 2 is 2.20 bits per heavy atom. The molecule has 112 valence electrons. The standard InChI is InChI=1S/C15H22ClN3.HI/c1-17-15(18-9-8-12-6-7-12)19(2)11-13-4-3-5-14(16)10-13;/h3-5,10,12H,6-9,11H2,1-2H3,(H,17,18);1H. The van der Waals surface area contributed by atoms with E-state index in [0.29, 0.717) is 0 Å². The summed E-state index contributed by atoms with van der Waals surface area (Å²) in [6.45, 7) is 1.82. The van der Waals surface area contributed by atoms with Crippen molar-refractivity contribution in [3.63, 3.8) is 0 Å². The van der Waals surface area contributed by atoms with Crippen LogP contribution in [0.5, 0.6) is 0 Å². The number of rotatable bonds is 5. The molecule has 3 nitrogen and oxygen atoms in total. The van der Waals surface area contributed by atoms with E-state index in [1.54, 1.807) is 0 Å². The Kier molecular flexibility index (Phi) is 7.66. The molecule has 1 aliphatic carbocycles. The fourth-order valence-corrected chi connectivity index (χ4v) is 2.38. The molecule has 0 radical (unpaired) electrons. The van der Waals surface area contributed by atoms with Gasteiger partial charge >= 0.3 is 0 Å². The summed E-state index contributed by atoms with van der Waals surface area (Å²) < 4.78 is 0. The van der Waals surface area contributed by atoms with Gasteiger partial charge in [0.05, 0.1) is 0 Å². The Balaban J connectivity index is 0.00000200. The van der Waals surface area contributed by atoms with E-state index in [-0.39, 0.29) is 24.0 Å². The summed E-state index contributed by atoms with van der Waals surface area (Å²) in [7, 11) is 3.88. The molecule has 20 heavy (non-hydrogen) atoms. The molecule has 0 atom stereocenters. The van der Waals surface area contributed by atoms with Crippen LogP contribution >= 0.6 is 35.6 Å². The molecule has 5 heteroatoms. The van der Waals surface area contributed by atoms with Crippen molar-refractivity contribution in [2.24, 2.45) is 10.9 Å². The first-order chi connectivity index (χ1) is 9.19. The number of benzene rings is 1. The number of hydrogen-bond acceptors (Lipinski definition) is 1. The van der Waals surface area contributed by atoms with Crippen LogP contribution in [0.3, 0.4) is 0 Å². The van der Waals surface area contributed by atoms with E-state index in [2.05, 4.69) is 21.3 Å². The molecule has 0 aromatic heterocycles. The average molecular weight is 408 g/mol. The van der Waals surface area contributed by atoms with E-state index < -0.39 is 0 Å². The fourth-order valence-electron chi connectivity index (χ4n) is 2.16. The van der Waals surface area contributed by atoms with Gasteiger partial charge in [-0.2, -0.15) is 0 Å². The van der Waals surface area contributed by atoms with Crippen molar-refractivity contribution >= 4 is 41.5 Å². The van der Waals surface area contributed by atoms with Crippen LogP contribution in [0.2, 0.25) is 5.02 Å². The molecule has 1 aromatic rings. The monoisotopic (exact) mass is 407 g/mol. The van der Waals surface area contributed by atoms with Gasteiger partial charge in [0.1, 0.15) is 0 Å². The Morgan fingerprint density at radius 3 is 2.80 bits per heavy atom. The lowest BCUT2D eigenvalue weighted by molar-refractivity contribution is 0.474. The van der Waals surface area contributed by atoms with Gasteiger partial charge in [-0.15, -0.1) is 24.0 Å². The lowest BCUT2D eigenvalue weighted by atomic mass is 10.2. The average Bonchev–Trinajstić information content (AvgIpc) is 3.18. The van der Waals surface area contributed by atoms with Gasteiger partial charge in [0.15, 0.2) is 5.96 Å². The maximum atomic E-state index is 6.00. The minimum atomic E-state index is 0. The quantitative estimate of drug-likeness (QED) is 0.457. The first-order valence-electron chi connectivity index (χ1n) is 6.85. The predicted molar refractivity (Wildman–Crippen MR) is 97.0 cm³/mol. The van der Waals surface area contributed by atoms with Gasteiger partial charge in [-0.3, -0.25) is 4.99 Å². The van der Waals surface area contributed by atoms with E-state index in [1.807, 2.05) is 32.3 Å². The summed E-state index contributed by atoms with van der Waals surface area (Å²) in [5.41, 5.74) is 1.19. The molecule has 0 spiro atoms. The molecule has 1 aliphatic rings. The number of hydrogen-bond donors (Lipinski definition) is 1. The van der Waals surface area contributed by atoms with Crippen molar-refractivity contribution in [3.05, 3.63) is 34.9 Å². The van der Waals surface area contributed by atoms with E-state index in [4.69, 9.17) is 11.6 Å². The highest BCUT2D eigenvalue weighted by Gasteiger charge is 2.20. The third-order valence-electron chi connectivity index (χ3n) is 3.41. The first-order valence-corrected chi connectivity index (χ1v) is 7.23. The maximum Gasteiger partial charge on any atom is 0.193 e. The first kappa shape index (κ1) is 17.6.